The van der Waals surface area contributed by atoms with Crippen molar-refractivity contribution in [2.45, 2.75) is 58.6 Å². The molecule has 4 aromatic carbocycles. The summed E-state index contributed by atoms with van der Waals surface area (Å²) >= 11 is 3.26. The first-order chi connectivity index (χ1) is 35.7. The first kappa shape index (κ1) is 58.6. The molecule has 8 rings (SSSR count). The number of carboxylic acid groups (broad SMARTS) is 1. The fourth-order valence-corrected chi connectivity index (χ4v) is 6.51. The van der Waals surface area contributed by atoms with Gasteiger partial charge in [0.15, 0.2) is 28.9 Å². The molecule has 17 nitrogen and oxygen atoms in total. The quantitative estimate of drug-likeness (QED) is 0.0286. The molecule has 388 valence electrons. The Kier molecular flexibility index (Phi) is 23.1. The summed E-state index contributed by atoms with van der Waals surface area (Å²) in [6.07, 6.45) is 4.77. The van der Waals surface area contributed by atoms with Crippen LogP contribution in [0.15, 0.2) is 146 Å². The van der Waals surface area contributed by atoms with Crippen molar-refractivity contribution >= 4 is 62.4 Å². The summed E-state index contributed by atoms with van der Waals surface area (Å²) in [5.41, 5.74) is 4.99. The van der Waals surface area contributed by atoms with Crippen LogP contribution in [0.25, 0.3) is 0 Å². The number of Topliss-reactive ketones (excluding diaryl/α,β-unsaturated/α-hetero) is 7. The van der Waals surface area contributed by atoms with E-state index in [-0.39, 0.29) is 59.3 Å². The Hall–Kier alpha value is -8.92. The minimum atomic E-state index is -1.65. The molecule has 0 amide bonds. The van der Waals surface area contributed by atoms with Gasteiger partial charge in [0.25, 0.3) is 0 Å². The van der Waals surface area contributed by atoms with Crippen LogP contribution >= 0.6 is 15.9 Å². The van der Waals surface area contributed by atoms with Crippen LogP contribution in [0.5, 0.6) is 0 Å². The molecule has 0 aliphatic heterocycles. The standard InChI is InChI=1S/C15H13FN2O3.C14H11FN2O4.C12H11FN2O.C7H6BrF.C5H6N2O/c1-10(19)14(20)8-15(21)13-6-7-17-18(13)9-11-2-4-12(16)5-3-11;15-10-3-1-9(2-4-10)8-17-11(5-6-16-17)12(18)7-13(19)14(20)21;1-9(16)12-6-7-14-15(12)8-10-2-4-11(13)5-3-10;8-5-6-1-3-7(9)4-2-6;1-4(8)5-2-3-6-7-5/h2-7H,8-9H2,1H3;1-6H,7-8H2,(H,20,21);2-7H,8H2,1H3;1-4H,5H2;2-3H,1H3,(H,6,7). The molecular formula is C53H47BrF4N8O9. The zero-order chi connectivity index (χ0) is 55.0. The van der Waals surface area contributed by atoms with Crippen molar-refractivity contribution in [2.24, 2.45) is 0 Å². The van der Waals surface area contributed by atoms with E-state index in [0.29, 0.717) is 17.9 Å². The van der Waals surface area contributed by atoms with E-state index in [1.807, 2.05) is 0 Å². The van der Waals surface area contributed by atoms with Crippen molar-refractivity contribution in [1.82, 2.24) is 39.5 Å². The largest absolute Gasteiger partial charge is 0.475 e. The lowest BCUT2D eigenvalue weighted by molar-refractivity contribution is -0.148. The number of nitrogens with zero attached hydrogens (tertiary/aromatic N) is 7. The third-order valence-corrected chi connectivity index (χ3v) is 10.7. The normalized spacial score (nSPS) is 10.1. The van der Waals surface area contributed by atoms with Crippen molar-refractivity contribution in [2.75, 3.05) is 0 Å². The highest BCUT2D eigenvalue weighted by Crippen LogP contribution is 2.13. The number of hydrogen-bond acceptors (Lipinski definition) is 12. The molecule has 22 heteroatoms. The first-order valence-electron chi connectivity index (χ1n) is 22.2. The number of ketones is 7. The summed E-state index contributed by atoms with van der Waals surface area (Å²) in [6, 6.07) is 30.3. The van der Waals surface area contributed by atoms with Crippen LogP contribution in [-0.4, -0.2) is 91.1 Å². The van der Waals surface area contributed by atoms with E-state index in [9.17, 15) is 55.9 Å². The second-order valence-electron chi connectivity index (χ2n) is 15.8. The molecule has 0 fully saturated rings. The number of halogens is 5. The van der Waals surface area contributed by atoms with E-state index in [1.54, 1.807) is 77.7 Å². The number of carbonyl (C=O) groups is 8. The SMILES string of the molecule is CC(=O)C(=O)CC(=O)c1ccnn1Cc1ccc(F)cc1.CC(=O)c1ccn[nH]1.CC(=O)c1ccnn1Cc1ccc(F)cc1.Fc1ccc(CBr)cc1.O=C(O)C(=O)CC(=O)c1ccnn1Cc1ccc(F)cc1. The summed E-state index contributed by atoms with van der Waals surface area (Å²) in [6.45, 7) is 5.09. The summed E-state index contributed by atoms with van der Waals surface area (Å²) in [5.74, 6) is -6.45. The highest BCUT2D eigenvalue weighted by Gasteiger charge is 2.21. The van der Waals surface area contributed by atoms with E-state index in [4.69, 9.17) is 5.11 Å². The Labute approximate surface area is 434 Å². The van der Waals surface area contributed by atoms with Gasteiger partial charge < -0.3 is 5.11 Å². The van der Waals surface area contributed by atoms with Crippen LogP contribution in [0.2, 0.25) is 0 Å². The van der Waals surface area contributed by atoms with E-state index in [2.05, 4.69) is 41.4 Å². The van der Waals surface area contributed by atoms with Gasteiger partial charge in [0.1, 0.15) is 46.0 Å². The van der Waals surface area contributed by atoms with Crippen molar-refractivity contribution in [3.05, 3.63) is 214 Å². The Bertz CT molecular complexity index is 3070. The van der Waals surface area contributed by atoms with Crippen LogP contribution in [-0.2, 0) is 44.1 Å². The lowest BCUT2D eigenvalue weighted by Crippen LogP contribution is -2.19. The van der Waals surface area contributed by atoms with Gasteiger partial charge in [0.2, 0.25) is 11.6 Å². The van der Waals surface area contributed by atoms with Gasteiger partial charge >= 0.3 is 5.97 Å². The number of carboxylic acids is 1. The predicted octanol–water partition coefficient (Wildman–Crippen LogP) is 8.70. The monoisotopic (exact) mass is 1090 g/mol. The third kappa shape index (κ3) is 19.9. The van der Waals surface area contributed by atoms with E-state index in [0.717, 1.165) is 34.5 Å². The van der Waals surface area contributed by atoms with E-state index in [1.165, 1.54) is 96.3 Å². The molecule has 0 radical (unpaired) electrons. The highest BCUT2D eigenvalue weighted by atomic mass is 79.9. The number of aromatic amines is 1. The maximum Gasteiger partial charge on any atom is 0.372 e. The van der Waals surface area contributed by atoms with Gasteiger partial charge in [0, 0.05) is 50.9 Å². The van der Waals surface area contributed by atoms with Gasteiger partial charge in [-0.1, -0.05) is 64.5 Å². The molecule has 4 heterocycles. The van der Waals surface area contributed by atoms with Gasteiger partial charge in [-0.3, -0.25) is 52.7 Å². The second kappa shape index (κ2) is 29.6. The molecule has 2 N–H and O–H groups in total. The zero-order valence-corrected chi connectivity index (χ0v) is 41.9. The Balaban J connectivity index is 0.000000212. The minimum absolute atomic E-state index is 0.0162. The van der Waals surface area contributed by atoms with Crippen molar-refractivity contribution in [1.29, 1.82) is 0 Å². The van der Waals surface area contributed by atoms with Gasteiger partial charge in [0.05, 0.1) is 32.5 Å². The summed E-state index contributed by atoms with van der Waals surface area (Å²) in [5, 5.41) is 27.4. The average Bonchev–Trinajstić information content (AvgIpc) is 4.24. The van der Waals surface area contributed by atoms with Crippen LogP contribution < -0.4 is 0 Å². The minimum Gasteiger partial charge on any atom is -0.475 e. The van der Waals surface area contributed by atoms with Gasteiger partial charge in [-0.05, 0) is 95.1 Å². The molecular weight excluding hydrogens is 1050 g/mol. The maximum atomic E-state index is 12.8. The Morgan fingerprint density at radius 3 is 1.11 bits per heavy atom. The van der Waals surface area contributed by atoms with Crippen molar-refractivity contribution in [3.8, 4) is 0 Å². The molecule has 0 bridgehead atoms. The number of rotatable bonds is 17. The predicted molar refractivity (Wildman–Crippen MR) is 267 cm³/mol. The molecule has 0 aliphatic rings. The lowest BCUT2D eigenvalue weighted by atomic mass is 10.1. The molecule has 0 aliphatic carbocycles. The smallest absolute Gasteiger partial charge is 0.372 e. The van der Waals surface area contributed by atoms with Gasteiger partial charge in [-0.25, -0.2) is 22.4 Å². The Morgan fingerprint density at radius 2 is 0.813 bits per heavy atom. The number of aromatic nitrogens is 8. The molecule has 75 heavy (non-hydrogen) atoms. The Morgan fingerprint density at radius 1 is 0.467 bits per heavy atom. The summed E-state index contributed by atoms with van der Waals surface area (Å²) in [7, 11) is 0. The summed E-state index contributed by atoms with van der Waals surface area (Å²) in [4.78, 5) is 89.3. The molecule has 0 saturated carbocycles. The molecule has 0 unspecified atom stereocenters. The van der Waals surface area contributed by atoms with Crippen LogP contribution in [0.3, 0.4) is 0 Å². The maximum absolute atomic E-state index is 12.8. The fraction of sp³-hybridized carbons (Fsp3) is 0.170. The zero-order valence-electron chi connectivity index (χ0n) is 40.3. The molecule has 0 spiro atoms. The number of hydrogen-bond donors (Lipinski definition) is 2. The topological polar surface area (TPSA) is 239 Å². The number of H-pyrrole nitrogens is 1. The third-order valence-electron chi connectivity index (χ3n) is 10.0. The average molecular weight is 1100 g/mol. The number of benzene rings is 4. The van der Waals surface area contributed by atoms with Crippen molar-refractivity contribution in [3.63, 3.8) is 0 Å². The number of aliphatic carboxylic acids is 1. The number of alkyl halides is 1. The lowest BCUT2D eigenvalue weighted by Gasteiger charge is -2.06. The molecule has 0 atom stereocenters. The van der Waals surface area contributed by atoms with Gasteiger partial charge in [-0.15, -0.1) is 0 Å². The molecule has 4 aromatic heterocycles. The number of nitrogens with one attached hydrogen (secondary N) is 1. The molecule has 0 saturated heterocycles. The van der Waals surface area contributed by atoms with Gasteiger partial charge in [-0.2, -0.15) is 20.4 Å². The first-order valence-corrected chi connectivity index (χ1v) is 23.3. The highest BCUT2D eigenvalue weighted by molar-refractivity contribution is 9.08. The second-order valence-corrected chi connectivity index (χ2v) is 16.3. The van der Waals surface area contributed by atoms with E-state index < -0.39 is 47.7 Å². The summed E-state index contributed by atoms with van der Waals surface area (Å²) < 4.78 is 54.9. The van der Waals surface area contributed by atoms with Crippen LogP contribution in [0, 0.1) is 23.3 Å². The van der Waals surface area contributed by atoms with Crippen LogP contribution in [0.1, 0.15) is 97.8 Å². The number of carbonyl (C=O) groups excluding carboxylic acids is 7. The molecule has 8 aromatic rings. The van der Waals surface area contributed by atoms with Crippen LogP contribution in [0.4, 0.5) is 17.6 Å². The fourth-order valence-electron chi connectivity index (χ4n) is 6.14. The van der Waals surface area contributed by atoms with Crippen molar-refractivity contribution < 1.29 is 61.0 Å². The van der Waals surface area contributed by atoms with E-state index >= 15 is 0 Å².